The summed E-state index contributed by atoms with van der Waals surface area (Å²) in [6, 6.07) is 13.6. The van der Waals surface area contributed by atoms with Crippen LogP contribution >= 0.6 is 0 Å². The van der Waals surface area contributed by atoms with Crippen molar-refractivity contribution in [3.8, 4) is 0 Å². The number of benzene rings is 2. The quantitative estimate of drug-likeness (QED) is 0.650. The second-order valence-corrected chi connectivity index (χ2v) is 6.34. The standard InChI is InChI=1S/C18H20/c1-12-8-14-4-2-3-5-15(14)11-17(12)18-10-13-6-7-16(18)9-13/h2-5,8,11,13,16,18H,6-7,9-10H2,1H3. The van der Waals surface area contributed by atoms with Crippen LogP contribution in [0.1, 0.15) is 42.7 Å². The zero-order valence-electron chi connectivity index (χ0n) is 11.0. The van der Waals surface area contributed by atoms with Gasteiger partial charge in [0.1, 0.15) is 0 Å². The van der Waals surface area contributed by atoms with Crippen LogP contribution in [0.3, 0.4) is 0 Å². The second-order valence-electron chi connectivity index (χ2n) is 6.34. The Kier molecular flexibility index (Phi) is 2.27. The van der Waals surface area contributed by atoms with E-state index in [0.29, 0.717) is 0 Å². The van der Waals surface area contributed by atoms with Crippen molar-refractivity contribution in [1.29, 1.82) is 0 Å². The van der Waals surface area contributed by atoms with Crippen LogP contribution in [0.5, 0.6) is 0 Å². The molecule has 0 saturated heterocycles. The van der Waals surface area contributed by atoms with Gasteiger partial charge in [0.15, 0.2) is 0 Å². The lowest BCUT2D eigenvalue weighted by Gasteiger charge is -2.24. The van der Waals surface area contributed by atoms with Gasteiger partial charge in [-0.1, -0.05) is 42.8 Å². The molecule has 2 aliphatic rings. The predicted octanol–water partition coefficient (Wildman–Crippen LogP) is 5.05. The van der Waals surface area contributed by atoms with E-state index < -0.39 is 0 Å². The molecule has 92 valence electrons. The Hall–Kier alpha value is -1.30. The highest BCUT2D eigenvalue weighted by molar-refractivity contribution is 5.84. The Bertz CT molecular complexity index is 596. The average molecular weight is 236 g/mol. The molecule has 0 amide bonds. The number of fused-ring (bicyclic) bond motifs is 3. The predicted molar refractivity (Wildman–Crippen MR) is 76.9 cm³/mol. The van der Waals surface area contributed by atoms with E-state index in [1.54, 1.807) is 5.56 Å². The highest BCUT2D eigenvalue weighted by atomic mass is 14.4. The minimum absolute atomic E-state index is 0.855. The molecule has 2 aliphatic carbocycles. The van der Waals surface area contributed by atoms with Gasteiger partial charge in [-0.15, -0.1) is 0 Å². The zero-order valence-corrected chi connectivity index (χ0v) is 11.0. The average Bonchev–Trinajstić information content (AvgIpc) is 3.00. The molecule has 0 heteroatoms. The van der Waals surface area contributed by atoms with Crippen LogP contribution in [-0.4, -0.2) is 0 Å². The maximum atomic E-state index is 2.47. The first-order chi connectivity index (χ1) is 8.81. The molecule has 0 aromatic heterocycles. The summed E-state index contributed by atoms with van der Waals surface area (Å²) >= 11 is 0. The van der Waals surface area contributed by atoms with Crippen LogP contribution in [0.25, 0.3) is 10.8 Å². The molecule has 3 atom stereocenters. The fourth-order valence-electron chi connectivity index (χ4n) is 4.40. The number of aryl methyl sites for hydroxylation is 1. The van der Waals surface area contributed by atoms with E-state index in [2.05, 4.69) is 43.3 Å². The highest BCUT2D eigenvalue weighted by Crippen LogP contribution is 2.53. The van der Waals surface area contributed by atoms with Gasteiger partial charge in [-0.2, -0.15) is 0 Å². The molecule has 2 fully saturated rings. The van der Waals surface area contributed by atoms with E-state index in [1.165, 1.54) is 42.0 Å². The van der Waals surface area contributed by atoms with E-state index in [1.807, 2.05) is 0 Å². The van der Waals surface area contributed by atoms with Crippen molar-refractivity contribution in [2.45, 2.75) is 38.5 Å². The zero-order chi connectivity index (χ0) is 12.1. The van der Waals surface area contributed by atoms with Crippen molar-refractivity contribution in [1.82, 2.24) is 0 Å². The minimum Gasteiger partial charge on any atom is -0.0616 e. The normalized spacial score (nSPS) is 30.2. The topological polar surface area (TPSA) is 0 Å². The van der Waals surface area contributed by atoms with E-state index in [4.69, 9.17) is 0 Å². The second kappa shape index (κ2) is 3.85. The lowest BCUT2D eigenvalue weighted by Crippen LogP contribution is -2.09. The number of hydrogen-bond donors (Lipinski definition) is 0. The molecule has 2 saturated carbocycles. The maximum Gasteiger partial charge on any atom is -0.0128 e. The lowest BCUT2D eigenvalue weighted by molar-refractivity contribution is 0.419. The molecule has 0 aliphatic heterocycles. The van der Waals surface area contributed by atoms with E-state index in [9.17, 15) is 0 Å². The summed E-state index contributed by atoms with van der Waals surface area (Å²) in [7, 11) is 0. The van der Waals surface area contributed by atoms with E-state index in [-0.39, 0.29) is 0 Å². The third kappa shape index (κ3) is 1.51. The molecule has 3 unspecified atom stereocenters. The smallest absolute Gasteiger partial charge is 0.0128 e. The Balaban J connectivity index is 1.82. The van der Waals surface area contributed by atoms with Gasteiger partial charge in [0, 0.05) is 0 Å². The molecule has 0 radical (unpaired) electrons. The largest absolute Gasteiger partial charge is 0.0616 e. The van der Waals surface area contributed by atoms with Gasteiger partial charge >= 0.3 is 0 Å². The molecule has 4 rings (SSSR count). The molecule has 18 heavy (non-hydrogen) atoms. The Morgan fingerprint density at radius 1 is 0.944 bits per heavy atom. The fraction of sp³-hybridized carbons (Fsp3) is 0.444. The fourth-order valence-corrected chi connectivity index (χ4v) is 4.40. The van der Waals surface area contributed by atoms with Crippen LogP contribution in [0.2, 0.25) is 0 Å². The van der Waals surface area contributed by atoms with Crippen molar-refractivity contribution >= 4 is 10.8 Å². The lowest BCUT2D eigenvalue weighted by atomic mass is 9.81. The van der Waals surface area contributed by atoms with Crippen molar-refractivity contribution in [2.24, 2.45) is 11.8 Å². The summed E-state index contributed by atoms with van der Waals surface area (Å²) in [6.07, 6.45) is 5.91. The molecule has 2 bridgehead atoms. The molecule has 0 heterocycles. The van der Waals surface area contributed by atoms with Crippen molar-refractivity contribution < 1.29 is 0 Å². The molecule has 0 nitrogen and oxygen atoms in total. The summed E-state index contributed by atoms with van der Waals surface area (Å²) in [5.41, 5.74) is 3.15. The number of hydrogen-bond acceptors (Lipinski definition) is 0. The van der Waals surface area contributed by atoms with Gasteiger partial charge in [-0.05, 0) is 65.8 Å². The van der Waals surface area contributed by atoms with Crippen molar-refractivity contribution in [2.75, 3.05) is 0 Å². The van der Waals surface area contributed by atoms with Crippen LogP contribution in [0, 0.1) is 18.8 Å². The van der Waals surface area contributed by atoms with Crippen LogP contribution in [0.15, 0.2) is 36.4 Å². The van der Waals surface area contributed by atoms with Gasteiger partial charge in [-0.25, -0.2) is 0 Å². The molecular formula is C18H20. The van der Waals surface area contributed by atoms with Crippen LogP contribution in [-0.2, 0) is 0 Å². The van der Waals surface area contributed by atoms with Crippen LogP contribution < -0.4 is 0 Å². The van der Waals surface area contributed by atoms with Gasteiger partial charge in [0.25, 0.3) is 0 Å². The van der Waals surface area contributed by atoms with Gasteiger partial charge in [0.05, 0.1) is 0 Å². The molecule has 0 N–H and O–H groups in total. The van der Waals surface area contributed by atoms with Crippen molar-refractivity contribution in [3.63, 3.8) is 0 Å². The number of rotatable bonds is 1. The summed E-state index contributed by atoms with van der Waals surface area (Å²) in [6.45, 7) is 2.30. The maximum absolute atomic E-state index is 2.47. The first-order valence-corrected chi connectivity index (χ1v) is 7.30. The first kappa shape index (κ1) is 10.6. The van der Waals surface area contributed by atoms with E-state index in [0.717, 1.165) is 17.8 Å². The Labute approximate surface area is 109 Å². The Morgan fingerprint density at radius 3 is 2.39 bits per heavy atom. The minimum atomic E-state index is 0.855. The monoisotopic (exact) mass is 236 g/mol. The van der Waals surface area contributed by atoms with Crippen molar-refractivity contribution in [3.05, 3.63) is 47.5 Å². The third-order valence-electron chi connectivity index (χ3n) is 5.27. The Morgan fingerprint density at radius 2 is 1.72 bits per heavy atom. The third-order valence-corrected chi connectivity index (χ3v) is 5.27. The highest BCUT2D eigenvalue weighted by Gasteiger charge is 2.40. The van der Waals surface area contributed by atoms with Gasteiger partial charge in [-0.3, -0.25) is 0 Å². The summed E-state index contributed by atoms with van der Waals surface area (Å²) in [4.78, 5) is 0. The molecular weight excluding hydrogens is 216 g/mol. The molecule has 2 aromatic carbocycles. The SMILES string of the molecule is Cc1cc2ccccc2cc1C1CC2CCC1C2. The molecule has 0 spiro atoms. The summed E-state index contributed by atoms with van der Waals surface area (Å²) < 4.78 is 0. The summed E-state index contributed by atoms with van der Waals surface area (Å²) in [5, 5.41) is 2.81. The van der Waals surface area contributed by atoms with E-state index >= 15 is 0 Å². The molecule has 2 aromatic rings. The van der Waals surface area contributed by atoms with Crippen LogP contribution in [0.4, 0.5) is 0 Å². The summed E-state index contributed by atoms with van der Waals surface area (Å²) in [5.74, 6) is 2.87. The van der Waals surface area contributed by atoms with Gasteiger partial charge in [0.2, 0.25) is 0 Å². The first-order valence-electron chi connectivity index (χ1n) is 7.30. The van der Waals surface area contributed by atoms with Gasteiger partial charge < -0.3 is 0 Å².